The molecular formula is C22H36N6O5. The highest BCUT2D eigenvalue weighted by Gasteiger charge is 2.26. The topological polar surface area (TPSA) is 125 Å². The van der Waals surface area contributed by atoms with Crippen LogP contribution in [0, 0.1) is 0 Å². The van der Waals surface area contributed by atoms with Crippen molar-refractivity contribution in [3.05, 3.63) is 18.2 Å². The first-order valence-corrected chi connectivity index (χ1v) is 11.3. The predicted octanol–water partition coefficient (Wildman–Crippen LogP) is 1.62. The molecule has 0 bridgehead atoms. The van der Waals surface area contributed by atoms with E-state index >= 15 is 0 Å². The van der Waals surface area contributed by atoms with Crippen molar-refractivity contribution in [3.8, 4) is 11.5 Å². The maximum Gasteiger partial charge on any atom is 0.410 e. The Bertz CT molecular complexity index is 830. The van der Waals surface area contributed by atoms with Crippen LogP contribution in [0.1, 0.15) is 34.1 Å². The molecule has 3 atom stereocenters. The van der Waals surface area contributed by atoms with Crippen molar-refractivity contribution in [2.75, 3.05) is 38.7 Å². The molecule has 3 rings (SSSR count). The van der Waals surface area contributed by atoms with Crippen LogP contribution in [0.5, 0.6) is 11.5 Å². The zero-order chi connectivity index (χ0) is 24.0. The number of amides is 3. The van der Waals surface area contributed by atoms with E-state index in [1.54, 1.807) is 30.1 Å². The van der Waals surface area contributed by atoms with Gasteiger partial charge in [0.05, 0.1) is 6.17 Å². The van der Waals surface area contributed by atoms with Gasteiger partial charge in [0.25, 0.3) is 0 Å². The first kappa shape index (κ1) is 24.9. The molecule has 0 aliphatic carbocycles. The number of urea groups is 1. The normalized spacial score (nSPS) is 22.3. The van der Waals surface area contributed by atoms with E-state index in [1.165, 1.54) is 0 Å². The molecule has 3 unspecified atom stereocenters. The molecule has 11 nitrogen and oxygen atoms in total. The van der Waals surface area contributed by atoms with Gasteiger partial charge in [-0.2, -0.15) is 0 Å². The summed E-state index contributed by atoms with van der Waals surface area (Å²) in [7, 11) is 1.71. The van der Waals surface area contributed by atoms with Crippen LogP contribution in [0.2, 0.25) is 0 Å². The number of anilines is 1. The molecule has 2 aliphatic heterocycles. The number of fused-ring (bicyclic) bond motifs is 1. The highest BCUT2D eigenvalue weighted by atomic mass is 16.6. The highest BCUT2D eigenvalue weighted by Crippen LogP contribution is 2.32. The molecule has 33 heavy (non-hydrogen) atoms. The Morgan fingerprint density at radius 3 is 2.64 bits per heavy atom. The van der Waals surface area contributed by atoms with Crippen molar-refractivity contribution in [2.45, 2.75) is 58.2 Å². The fourth-order valence-corrected chi connectivity index (χ4v) is 3.51. The Morgan fingerprint density at radius 1 is 1.18 bits per heavy atom. The summed E-state index contributed by atoms with van der Waals surface area (Å²) >= 11 is 0. The number of hydrogen-bond donors (Lipinski definition) is 5. The Balaban J connectivity index is 1.43. The molecule has 0 radical (unpaired) electrons. The number of nitrogens with one attached hydrogen (secondary N) is 5. The summed E-state index contributed by atoms with van der Waals surface area (Å²) < 4.78 is 16.4. The summed E-state index contributed by atoms with van der Waals surface area (Å²) in [5, 5.41) is 15.7. The number of benzene rings is 1. The Morgan fingerprint density at radius 2 is 1.91 bits per heavy atom. The zero-order valence-electron chi connectivity index (χ0n) is 20.0. The van der Waals surface area contributed by atoms with Gasteiger partial charge in [-0.1, -0.05) is 0 Å². The monoisotopic (exact) mass is 464 g/mol. The minimum Gasteiger partial charge on any atom is -0.486 e. The molecule has 0 saturated carbocycles. The smallest absolute Gasteiger partial charge is 0.410 e. The molecule has 2 aliphatic rings. The second-order valence-electron chi connectivity index (χ2n) is 9.27. The maximum absolute atomic E-state index is 12.5. The first-order chi connectivity index (χ1) is 15.6. The lowest BCUT2D eigenvalue weighted by Crippen LogP contribution is -2.68. The molecule has 1 aromatic rings. The van der Waals surface area contributed by atoms with Gasteiger partial charge in [0.1, 0.15) is 25.1 Å². The van der Waals surface area contributed by atoms with E-state index in [0.717, 1.165) is 6.42 Å². The lowest BCUT2D eigenvalue weighted by atomic mass is 10.1. The van der Waals surface area contributed by atoms with E-state index in [9.17, 15) is 9.59 Å². The Labute approximate surface area is 194 Å². The molecule has 0 spiro atoms. The van der Waals surface area contributed by atoms with E-state index in [-0.39, 0.29) is 24.3 Å². The SMILES string of the molecule is CC1CC(NCCN(C)C(=O)OC(C)(C)C)NC(NC(=O)Nc2ccc3c(c2)OCCO3)N1. The van der Waals surface area contributed by atoms with Gasteiger partial charge in [-0.15, -0.1) is 0 Å². The Hall–Kier alpha value is -2.76. The fraction of sp³-hybridized carbons (Fsp3) is 0.636. The summed E-state index contributed by atoms with van der Waals surface area (Å²) in [6.07, 6.45) is 0.00388. The van der Waals surface area contributed by atoms with Crippen LogP contribution in [0.25, 0.3) is 0 Å². The standard InChI is InChI=1S/C22H36N6O5/c1-14-12-18(23-8-9-28(5)21(30)33-22(2,3)4)26-19(24-14)27-20(29)25-15-6-7-16-17(13-15)32-11-10-31-16/h6-7,13-14,18-19,23-24,26H,8-12H2,1-5H3,(H2,25,27,29). The van der Waals surface area contributed by atoms with Crippen LogP contribution in [-0.2, 0) is 4.74 Å². The summed E-state index contributed by atoms with van der Waals surface area (Å²) in [4.78, 5) is 26.1. The molecule has 11 heteroatoms. The van der Waals surface area contributed by atoms with Crippen LogP contribution in [-0.4, -0.2) is 74.5 Å². The van der Waals surface area contributed by atoms with Crippen molar-refractivity contribution in [1.82, 2.24) is 26.2 Å². The van der Waals surface area contributed by atoms with Crippen LogP contribution in [0.3, 0.4) is 0 Å². The largest absolute Gasteiger partial charge is 0.486 e. The van der Waals surface area contributed by atoms with Crippen molar-refractivity contribution in [2.24, 2.45) is 0 Å². The summed E-state index contributed by atoms with van der Waals surface area (Å²) in [6, 6.07) is 5.10. The van der Waals surface area contributed by atoms with Gasteiger partial charge in [-0.25, -0.2) is 9.59 Å². The second kappa shape index (κ2) is 10.9. The van der Waals surface area contributed by atoms with E-state index in [2.05, 4.69) is 33.5 Å². The minimum absolute atomic E-state index is 0.0344. The number of carbonyl (C=O) groups excluding carboxylic acids is 2. The number of ether oxygens (including phenoxy) is 3. The lowest BCUT2D eigenvalue weighted by Gasteiger charge is -2.37. The van der Waals surface area contributed by atoms with Gasteiger partial charge in [-0.05, 0) is 46.2 Å². The third-order valence-electron chi connectivity index (χ3n) is 5.03. The van der Waals surface area contributed by atoms with Crippen LogP contribution in [0.4, 0.5) is 15.3 Å². The summed E-state index contributed by atoms with van der Waals surface area (Å²) in [5.41, 5.74) is 0.0879. The quantitative estimate of drug-likeness (QED) is 0.430. The van der Waals surface area contributed by atoms with Gasteiger partial charge in [-0.3, -0.25) is 16.0 Å². The van der Waals surface area contributed by atoms with Crippen molar-refractivity contribution in [3.63, 3.8) is 0 Å². The molecular weight excluding hydrogens is 428 g/mol. The summed E-state index contributed by atoms with van der Waals surface area (Å²) in [6.45, 7) is 9.66. The lowest BCUT2D eigenvalue weighted by molar-refractivity contribution is 0.0297. The molecule has 5 N–H and O–H groups in total. The van der Waals surface area contributed by atoms with E-state index in [1.807, 2.05) is 20.8 Å². The molecule has 3 amide bonds. The van der Waals surface area contributed by atoms with E-state index in [4.69, 9.17) is 14.2 Å². The average Bonchev–Trinajstić information content (AvgIpc) is 2.72. The maximum atomic E-state index is 12.5. The second-order valence-corrected chi connectivity index (χ2v) is 9.27. The molecule has 1 aromatic carbocycles. The van der Waals surface area contributed by atoms with Crippen LogP contribution >= 0.6 is 0 Å². The number of hydrogen-bond acceptors (Lipinski definition) is 8. The van der Waals surface area contributed by atoms with Crippen molar-refractivity contribution in [1.29, 1.82) is 0 Å². The third kappa shape index (κ3) is 7.95. The highest BCUT2D eigenvalue weighted by molar-refractivity contribution is 5.89. The number of nitrogens with zero attached hydrogens (tertiary/aromatic N) is 1. The molecule has 1 fully saturated rings. The van der Waals surface area contributed by atoms with Crippen molar-refractivity contribution < 1.29 is 23.8 Å². The molecule has 184 valence electrons. The van der Waals surface area contributed by atoms with E-state index < -0.39 is 11.9 Å². The zero-order valence-corrected chi connectivity index (χ0v) is 20.0. The number of carbonyl (C=O) groups is 2. The van der Waals surface area contributed by atoms with Gasteiger partial charge in [0, 0.05) is 37.9 Å². The van der Waals surface area contributed by atoms with Gasteiger partial charge in [0.15, 0.2) is 11.5 Å². The molecule has 1 saturated heterocycles. The average molecular weight is 465 g/mol. The van der Waals surface area contributed by atoms with Gasteiger partial charge in [0.2, 0.25) is 0 Å². The van der Waals surface area contributed by atoms with Gasteiger partial charge < -0.3 is 29.7 Å². The fourth-order valence-electron chi connectivity index (χ4n) is 3.51. The van der Waals surface area contributed by atoms with Crippen LogP contribution in [0.15, 0.2) is 18.2 Å². The van der Waals surface area contributed by atoms with Gasteiger partial charge >= 0.3 is 12.1 Å². The minimum atomic E-state index is -0.524. The predicted molar refractivity (Wildman–Crippen MR) is 124 cm³/mol. The van der Waals surface area contributed by atoms with Crippen molar-refractivity contribution >= 4 is 17.8 Å². The number of likely N-dealkylation sites (N-methyl/N-ethyl adjacent to an activating group) is 1. The Kier molecular flexibility index (Phi) is 8.22. The summed E-state index contributed by atoms with van der Waals surface area (Å²) in [5.74, 6) is 1.28. The van der Waals surface area contributed by atoms with E-state index in [0.29, 0.717) is 43.5 Å². The third-order valence-corrected chi connectivity index (χ3v) is 5.03. The first-order valence-electron chi connectivity index (χ1n) is 11.3. The van der Waals surface area contributed by atoms with Crippen LogP contribution < -0.4 is 36.1 Å². The molecule has 0 aromatic heterocycles. The molecule has 2 heterocycles. The number of rotatable bonds is 6.